The third kappa shape index (κ3) is 6.87. The lowest BCUT2D eigenvalue weighted by molar-refractivity contribution is -0.121. The minimum absolute atomic E-state index is 0.124. The zero-order valence-corrected chi connectivity index (χ0v) is 14.6. The quantitative estimate of drug-likeness (QED) is 0.640. The van der Waals surface area contributed by atoms with Crippen molar-refractivity contribution < 1.29 is 22.7 Å². The lowest BCUT2D eigenvalue weighted by atomic mass is 10.2. The summed E-state index contributed by atoms with van der Waals surface area (Å²) in [5, 5.41) is 2.70. The summed E-state index contributed by atoms with van der Waals surface area (Å²) in [6.45, 7) is 1.12. The standard InChI is InChI=1S/C15H24N2O5S/c1-21-11-9-16-15(18)8-5-10-17(23(3,19)20)13-6-4-7-14(12-13)22-2/h4,6-7,12H,5,8-11H2,1-3H3,(H,16,18). The molecule has 1 N–H and O–H groups in total. The van der Waals surface area contributed by atoms with Crippen LogP contribution in [0.2, 0.25) is 0 Å². The first-order valence-corrected chi connectivity index (χ1v) is 9.10. The zero-order valence-electron chi connectivity index (χ0n) is 13.7. The minimum atomic E-state index is -3.44. The Morgan fingerprint density at radius 2 is 2.04 bits per heavy atom. The van der Waals surface area contributed by atoms with Gasteiger partial charge in [0, 0.05) is 32.7 Å². The molecule has 8 heteroatoms. The molecular formula is C15H24N2O5S. The highest BCUT2D eigenvalue weighted by Crippen LogP contribution is 2.23. The van der Waals surface area contributed by atoms with E-state index in [9.17, 15) is 13.2 Å². The summed E-state index contributed by atoms with van der Waals surface area (Å²) in [6.07, 6.45) is 1.81. The van der Waals surface area contributed by atoms with Gasteiger partial charge in [0.15, 0.2) is 0 Å². The molecule has 0 heterocycles. The van der Waals surface area contributed by atoms with Gasteiger partial charge in [-0.3, -0.25) is 9.10 Å². The third-order valence-electron chi connectivity index (χ3n) is 3.14. The molecule has 0 saturated carbocycles. The monoisotopic (exact) mass is 344 g/mol. The van der Waals surface area contributed by atoms with Gasteiger partial charge in [0.2, 0.25) is 15.9 Å². The van der Waals surface area contributed by atoms with E-state index < -0.39 is 10.0 Å². The largest absolute Gasteiger partial charge is 0.497 e. The van der Waals surface area contributed by atoms with Gasteiger partial charge in [0.25, 0.3) is 0 Å². The van der Waals surface area contributed by atoms with Crippen LogP contribution in [0.25, 0.3) is 0 Å². The van der Waals surface area contributed by atoms with E-state index in [0.29, 0.717) is 31.0 Å². The number of carbonyl (C=O) groups excluding carboxylic acids is 1. The highest BCUT2D eigenvalue weighted by Gasteiger charge is 2.18. The summed E-state index contributed by atoms with van der Waals surface area (Å²) in [6, 6.07) is 6.82. The molecule has 0 radical (unpaired) electrons. The van der Waals surface area contributed by atoms with Gasteiger partial charge < -0.3 is 14.8 Å². The minimum Gasteiger partial charge on any atom is -0.497 e. The van der Waals surface area contributed by atoms with E-state index in [1.165, 1.54) is 11.4 Å². The molecule has 1 amide bonds. The maximum absolute atomic E-state index is 12.0. The highest BCUT2D eigenvalue weighted by molar-refractivity contribution is 7.92. The molecule has 0 aromatic heterocycles. The van der Waals surface area contributed by atoms with Crippen molar-refractivity contribution in [3.8, 4) is 5.75 Å². The second-order valence-electron chi connectivity index (χ2n) is 4.98. The molecule has 23 heavy (non-hydrogen) atoms. The maximum atomic E-state index is 12.0. The van der Waals surface area contributed by atoms with Crippen LogP contribution in [0.3, 0.4) is 0 Å². The number of benzene rings is 1. The Labute approximate surface area is 137 Å². The van der Waals surface area contributed by atoms with E-state index >= 15 is 0 Å². The number of rotatable bonds is 10. The fraction of sp³-hybridized carbons (Fsp3) is 0.533. The molecule has 0 atom stereocenters. The third-order valence-corrected chi connectivity index (χ3v) is 4.33. The molecule has 0 saturated heterocycles. The molecule has 1 aromatic carbocycles. The second kappa shape index (κ2) is 9.36. The lowest BCUT2D eigenvalue weighted by Gasteiger charge is -2.22. The van der Waals surface area contributed by atoms with Crippen LogP contribution in [0.1, 0.15) is 12.8 Å². The molecule has 1 rings (SSSR count). The van der Waals surface area contributed by atoms with Crippen molar-refractivity contribution in [3.63, 3.8) is 0 Å². The number of sulfonamides is 1. The SMILES string of the molecule is COCCNC(=O)CCCN(c1cccc(OC)c1)S(C)(=O)=O. The highest BCUT2D eigenvalue weighted by atomic mass is 32.2. The van der Waals surface area contributed by atoms with Crippen molar-refractivity contribution in [2.75, 3.05) is 44.5 Å². The predicted molar refractivity (Wildman–Crippen MR) is 89.3 cm³/mol. The van der Waals surface area contributed by atoms with Crippen LogP contribution in [0.5, 0.6) is 5.75 Å². The van der Waals surface area contributed by atoms with Crippen LogP contribution in [-0.4, -0.2) is 54.5 Å². The number of nitrogens with zero attached hydrogens (tertiary/aromatic N) is 1. The smallest absolute Gasteiger partial charge is 0.232 e. The first kappa shape index (κ1) is 19.2. The van der Waals surface area contributed by atoms with Crippen molar-refractivity contribution in [1.29, 1.82) is 0 Å². The van der Waals surface area contributed by atoms with E-state index in [1.807, 2.05) is 0 Å². The molecule has 0 bridgehead atoms. The van der Waals surface area contributed by atoms with Gasteiger partial charge >= 0.3 is 0 Å². The molecule has 0 aliphatic heterocycles. The van der Waals surface area contributed by atoms with Crippen LogP contribution in [0.15, 0.2) is 24.3 Å². The lowest BCUT2D eigenvalue weighted by Crippen LogP contribution is -2.32. The molecule has 130 valence electrons. The molecule has 0 aliphatic rings. The number of hydrogen-bond acceptors (Lipinski definition) is 5. The van der Waals surface area contributed by atoms with E-state index in [4.69, 9.17) is 9.47 Å². The number of nitrogens with one attached hydrogen (secondary N) is 1. The maximum Gasteiger partial charge on any atom is 0.232 e. The van der Waals surface area contributed by atoms with Gasteiger partial charge in [-0.15, -0.1) is 0 Å². The Hall–Kier alpha value is -1.80. The van der Waals surface area contributed by atoms with Crippen LogP contribution in [0, 0.1) is 0 Å². The van der Waals surface area contributed by atoms with Gasteiger partial charge in [-0.1, -0.05) is 6.07 Å². The Morgan fingerprint density at radius 3 is 2.65 bits per heavy atom. The molecule has 0 aliphatic carbocycles. The van der Waals surface area contributed by atoms with E-state index in [0.717, 1.165) is 6.26 Å². The summed E-state index contributed by atoms with van der Waals surface area (Å²) in [4.78, 5) is 11.6. The number of anilines is 1. The van der Waals surface area contributed by atoms with Gasteiger partial charge in [-0.05, 0) is 18.6 Å². The van der Waals surface area contributed by atoms with Gasteiger partial charge in [0.05, 0.1) is 25.7 Å². The summed E-state index contributed by atoms with van der Waals surface area (Å²) >= 11 is 0. The predicted octanol–water partition coefficient (Wildman–Crippen LogP) is 1.00. The fourth-order valence-corrected chi connectivity index (χ4v) is 2.97. The average Bonchev–Trinajstić information content (AvgIpc) is 2.50. The Bertz CT molecular complexity index is 604. The van der Waals surface area contributed by atoms with Crippen molar-refractivity contribution >= 4 is 21.6 Å². The first-order valence-electron chi connectivity index (χ1n) is 7.26. The molecule has 7 nitrogen and oxygen atoms in total. The Kier molecular flexibility index (Phi) is 7.84. The summed E-state index contributed by atoms with van der Waals surface area (Å²) < 4.78 is 35.2. The Morgan fingerprint density at radius 1 is 1.30 bits per heavy atom. The van der Waals surface area contributed by atoms with Crippen molar-refractivity contribution in [2.45, 2.75) is 12.8 Å². The molecule has 0 unspecified atom stereocenters. The van der Waals surface area contributed by atoms with Crippen LogP contribution in [0.4, 0.5) is 5.69 Å². The second-order valence-corrected chi connectivity index (χ2v) is 6.89. The molecule has 0 fully saturated rings. The number of carbonyl (C=O) groups is 1. The van der Waals surface area contributed by atoms with Crippen molar-refractivity contribution in [2.24, 2.45) is 0 Å². The molecule has 1 aromatic rings. The van der Waals surface area contributed by atoms with Gasteiger partial charge in [-0.25, -0.2) is 8.42 Å². The van der Waals surface area contributed by atoms with E-state index in [1.54, 1.807) is 31.4 Å². The van der Waals surface area contributed by atoms with Gasteiger partial charge in [0.1, 0.15) is 5.75 Å². The number of hydrogen-bond donors (Lipinski definition) is 1. The van der Waals surface area contributed by atoms with Crippen LogP contribution < -0.4 is 14.4 Å². The Balaban J connectivity index is 2.65. The van der Waals surface area contributed by atoms with E-state index in [-0.39, 0.29) is 18.9 Å². The topological polar surface area (TPSA) is 84.9 Å². The normalized spacial score (nSPS) is 11.1. The van der Waals surface area contributed by atoms with Crippen molar-refractivity contribution in [3.05, 3.63) is 24.3 Å². The summed E-state index contributed by atoms with van der Waals surface area (Å²) in [7, 11) is -0.354. The average molecular weight is 344 g/mol. The van der Waals surface area contributed by atoms with Crippen LogP contribution >= 0.6 is 0 Å². The number of ether oxygens (including phenoxy) is 2. The molecule has 0 spiro atoms. The van der Waals surface area contributed by atoms with Gasteiger partial charge in [-0.2, -0.15) is 0 Å². The molecular weight excluding hydrogens is 320 g/mol. The fourth-order valence-electron chi connectivity index (χ4n) is 2.02. The van der Waals surface area contributed by atoms with Crippen molar-refractivity contribution in [1.82, 2.24) is 5.32 Å². The van der Waals surface area contributed by atoms with E-state index in [2.05, 4.69) is 5.32 Å². The summed E-state index contributed by atoms with van der Waals surface area (Å²) in [5.74, 6) is 0.453. The van der Waals surface area contributed by atoms with Crippen LogP contribution in [-0.2, 0) is 19.6 Å². The number of amides is 1. The first-order chi connectivity index (χ1) is 10.9. The zero-order chi connectivity index (χ0) is 17.3. The summed E-state index contributed by atoms with van der Waals surface area (Å²) in [5.41, 5.74) is 0.520. The number of methoxy groups -OCH3 is 2.